The van der Waals surface area contributed by atoms with Gasteiger partial charge < -0.3 is 59.5 Å². The summed E-state index contributed by atoms with van der Waals surface area (Å²) in [6, 6.07) is 17.2. The molecule has 5 amide bonds. The predicted octanol–water partition coefficient (Wildman–Crippen LogP) is -0.131. The average Bonchev–Trinajstić information content (AvgIpc) is 3.01. The van der Waals surface area contributed by atoms with Gasteiger partial charge >= 0.3 is 0 Å². The Hall–Kier alpha value is -1.94. The molecule has 0 bridgehead atoms. The Bertz CT molecular complexity index is 1220. The van der Waals surface area contributed by atoms with Gasteiger partial charge in [-0.3, -0.25) is 19.3 Å². The van der Waals surface area contributed by atoms with Crippen molar-refractivity contribution < 1.29 is 113 Å². The second-order valence-corrected chi connectivity index (χ2v) is 10.4. The Kier molecular flexibility index (Phi) is 26.7. The number of benzene rings is 2. The molecule has 48 heavy (non-hydrogen) atoms. The number of hydrogen-bond acceptors (Lipinski definition) is 8. The molecule has 268 valence electrons. The summed E-state index contributed by atoms with van der Waals surface area (Å²) in [5.41, 5.74) is 3.10. The van der Waals surface area contributed by atoms with E-state index < -0.39 is 17.9 Å². The van der Waals surface area contributed by atoms with Gasteiger partial charge in [-0.05, 0) is 16.7 Å². The van der Waals surface area contributed by atoms with Crippen molar-refractivity contribution in [2.45, 2.75) is 19.4 Å². The Labute approximate surface area is 347 Å². The number of nitrogens with one attached hydrogen (secondary N) is 5. The number of nitrogens with zero attached hydrogens (tertiary/aromatic N) is 1. The van der Waals surface area contributed by atoms with Crippen LogP contribution in [0, 0.1) is 93.7 Å². The van der Waals surface area contributed by atoms with Gasteiger partial charge in [-0.2, -0.15) is 0 Å². The van der Waals surface area contributed by atoms with Gasteiger partial charge in [0.1, 0.15) is 6.04 Å². The standard InChI is InChI=1S/C33H46N6O7.2Gd/c1-25(40)34-13-17-39(18-14-35-26(2)41)24-32(43)36-15-19-45-21-22-46-20-16-37-33(44)31(38-27(3)42)23-28-9-11-30(12-10-28)29-7-5-4-6-8-29;;/h4-12,31H,1-2,13-24H2,3H3,(H,34,40)(H,35,41)(H,36,43)(H,37,44)(H,38,42);;/q-2;;/t31-;;/m0../s1. The normalized spacial score (nSPS) is 10.9. The molecule has 0 aliphatic rings. The molecule has 0 saturated heterocycles. The summed E-state index contributed by atoms with van der Waals surface area (Å²) in [7, 11) is 0. The zero-order valence-corrected chi connectivity index (χ0v) is 31.7. The van der Waals surface area contributed by atoms with E-state index in [-0.39, 0.29) is 124 Å². The van der Waals surface area contributed by atoms with Crippen LogP contribution in [0.15, 0.2) is 54.6 Å². The Morgan fingerprint density at radius 2 is 1.21 bits per heavy atom. The van der Waals surface area contributed by atoms with Gasteiger partial charge in [-0.25, -0.2) is 0 Å². The molecule has 0 aliphatic heterocycles. The third-order valence-corrected chi connectivity index (χ3v) is 6.55. The number of ether oxygens (including phenoxy) is 2. The largest absolute Gasteiger partial charge is 0.380 e. The quantitative estimate of drug-likeness (QED) is 0.0805. The number of hydrogen-bond donors (Lipinski definition) is 5. The maximum Gasteiger partial charge on any atom is 0.243 e. The third kappa shape index (κ3) is 21.9. The molecular weight excluding hydrogens is 907 g/mol. The summed E-state index contributed by atoms with van der Waals surface area (Å²) in [6.45, 7) is 11.1. The predicted molar refractivity (Wildman–Crippen MR) is 174 cm³/mol. The maximum atomic E-state index is 12.8. The first-order valence-electron chi connectivity index (χ1n) is 15.2. The smallest absolute Gasteiger partial charge is 0.243 e. The molecule has 0 aromatic heterocycles. The minimum atomic E-state index is -0.713. The van der Waals surface area contributed by atoms with Gasteiger partial charge in [0.25, 0.3) is 0 Å². The molecule has 2 aromatic carbocycles. The summed E-state index contributed by atoms with van der Waals surface area (Å²) in [4.78, 5) is 60.6. The van der Waals surface area contributed by atoms with Gasteiger partial charge in [0.15, 0.2) is 0 Å². The average molecular weight is 953 g/mol. The minimum absolute atomic E-state index is 0. The fourth-order valence-electron chi connectivity index (χ4n) is 4.34. The van der Waals surface area contributed by atoms with E-state index in [9.17, 15) is 24.0 Å². The van der Waals surface area contributed by atoms with Crippen LogP contribution in [0.2, 0.25) is 0 Å². The van der Waals surface area contributed by atoms with E-state index in [1.807, 2.05) is 54.6 Å². The van der Waals surface area contributed by atoms with Gasteiger partial charge in [-0.15, -0.1) is 0 Å². The van der Waals surface area contributed by atoms with Crippen molar-refractivity contribution in [2.75, 3.05) is 72.2 Å². The molecule has 2 rings (SSSR count). The fourth-order valence-corrected chi connectivity index (χ4v) is 4.34. The van der Waals surface area contributed by atoms with Crippen LogP contribution in [-0.4, -0.2) is 113 Å². The molecule has 0 saturated carbocycles. The summed E-state index contributed by atoms with van der Waals surface area (Å²) >= 11 is 0. The fraction of sp³-hybridized carbons (Fsp3) is 0.424. The van der Waals surface area contributed by atoms with Crippen LogP contribution in [-0.2, 0) is 39.9 Å². The van der Waals surface area contributed by atoms with Crippen molar-refractivity contribution in [3.05, 3.63) is 74.0 Å². The van der Waals surface area contributed by atoms with E-state index >= 15 is 0 Å². The molecule has 0 heterocycles. The second kappa shape index (κ2) is 27.8. The van der Waals surface area contributed by atoms with Gasteiger partial charge in [-0.1, -0.05) is 54.6 Å². The van der Waals surface area contributed by atoms with E-state index in [1.54, 1.807) is 4.90 Å². The number of carbonyl (C=O) groups excluding carboxylic acids is 5. The van der Waals surface area contributed by atoms with Crippen LogP contribution < -0.4 is 26.6 Å². The minimum Gasteiger partial charge on any atom is -0.380 e. The number of rotatable bonds is 22. The van der Waals surface area contributed by atoms with E-state index in [1.165, 1.54) is 6.92 Å². The van der Waals surface area contributed by atoms with Crippen LogP contribution in [0.1, 0.15) is 12.5 Å². The Morgan fingerprint density at radius 1 is 0.688 bits per heavy atom. The van der Waals surface area contributed by atoms with Gasteiger partial charge in [0.2, 0.25) is 17.7 Å². The van der Waals surface area contributed by atoms with Crippen molar-refractivity contribution in [3.63, 3.8) is 0 Å². The molecule has 0 unspecified atom stereocenters. The molecule has 1 atom stereocenters. The van der Waals surface area contributed by atoms with E-state index in [0.29, 0.717) is 52.4 Å². The van der Waals surface area contributed by atoms with E-state index in [0.717, 1.165) is 16.7 Å². The van der Waals surface area contributed by atoms with Crippen LogP contribution in [0.3, 0.4) is 0 Å². The number of amides is 5. The summed E-state index contributed by atoms with van der Waals surface area (Å²) in [5, 5.41) is 13.4. The summed E-state index contributed by atoms with van der Waals surface area (Å²) in [5.74, 6) is -1.62. The first kappa shape index (κ1) is 46.1. The topological polar surface area (TPSA) is 167 Å². The second-order valence-electron chi connectivity index (χ2n) is 10.4. The van der Waals surface area contributed by atoms with Crippen molar-refractivity contribution in [1.29, 1.82) is 0 Å². The van der Waals surface area contributed by atoms with Crippen molar-refractivity contribution in [3.8, 4) is 11.1 Å². The molecule has 13 nitrogen and oxygen atoms in total. The van der Waals surface area contributed by atoms with Crippen LogP contribution >= 0.6 is 0 Å². The monoisotopic (exact) mass is 954 g/mol. The molecular formula is C33H46Gd2N6O7-2. The van der Waals surface area contributed by atoms with Crippen LogP contribution in [0.5, 0.6) is 0 Å². The molecule has 5 N–H and O–H groups in total. The van der Waals surface area contributed by atoms with Gasteiger partial charge in [0, 0.05) is 132 Å². The molecule has 0 radical (unpaired) electrons. The van der Waals surface area contributed by atoms with Crippen LogP contribution in [0.4, 0.5) is 0 Å². The summed E-state index contributed by atoms with van der Waals surface area (Å²) < 4.78 is 11.0. The summed E-state index contributed by atoms with van der Waals surface area (Å²) in [6.07, 6.45) is 0.354. The molecule has 2 aromatic rings. The first-order valence-corrected chi connectivity index (χ1v) is 15.2. The first-order chi connectivity index (χ1) is 22.1. The van der Waals surface area contributed by atoms with Crippen molar-refractivity contribution >= 4 is 29.5 Å². The molecule has 15 heteroatoms. The zero-order valence-electron chi connectivity index (χ0n) is 27.2. The third-order valence-electron chi connectivity index (χ3n) is 6.55. The van der Waals surface area contributed by atoms with Crippen LogP contribution in [0.25, 0.3) is 11.1 Å². The van der Waals surface area contributed by atoms with E-state index in [4.69, 9.17) is 9.47 Å². The molecule has 0 fully saturated rings. The molecule has 0 spiro atoms. The van der Waals surface area contributed by atoms with Gasteiger partial charge in [0.05, 0.1) is 44.8 Å². The van der Waals surface area contributed by atoms with Crippen molar-refractivity contribution in [1.82, 2.24) is 31.5 Å². The number of carbonyl (C=O) groups is 5. The van der Waals surface area contributed by atoms with E-state index in [2.05, 4.69) is 40.4 Å². The van der Waals surface area contributed by atoms with Crippen molar-refractivity contribution in [2.24, 2.45) is 0 Å². The maximum absolute atomic E-state index is 12.8. The Balaban J connectivity index is 0.0000110. The zero-order chi connectivity index (χ0) is 33.6. The Morgan fingerprint density at radius 3 is 1.73 bits per heavy atom. The molecule has 0 aliphatic carbocycles. The SMILES string of the molecule is [CH2-]C(=O)NCCN(CCNC([CH2-])=O)CC(=O)NCCOCCOCCNC(=O)[C@H](Cc1ccc(-c2ccccc2)cc1)NC(C)=O.[Gd].[Gd].